The molecule has 0 radical (unpaired) electrons. The van der Waals surface area contributed by atoms with E-state index in [1.807, 2.05) is 0 Å². The van der Waals surface area contributed by atoms with E-state index in [0.29, 0.717) is 0 Å². The van der Waals surface area contributed by atoms with E-state index in [1.165, 1.54) is 49.8 Å². The molecule has 1 aliphatic carbocycles. The SMILES string of the molecule is CCn1cc2c(n1)CCCCCC2. The van der Waals surface area contributed by atoms with Crippen molar-refractivity contribution in [3.8, 4) is 0 Å². The summed E-state index contributed by atoms with van der Waals surface area (Å²) in [5.74, 6) is 0. The minimum atomic E-state index is 1.01. The highest BCUT2D eigenvalue weighted by molar-refractivity contribution is 5.18. The first-order chi connectivity index (χ1) is 6.40. The normalized spacial score (nSPS) is 17.6. The van der Waals surface area contributed by atoms with E-state index in [1.54, 1.807) is 0 Å². The van der Waals surface area contributed by atoms with Gasteiger partial charge in [-0.1, -0.05) is 12.8 Å². The molecule has 1 aliphatic rings. The van der Waals surface area contributed by atoms with Crippen LogP contribution in [0.5, 0.6) is 0 Å². The van der Waals surface area contributed by atoms with Gasteiger partial charge in [0.25, 0.3) is 0 Å². The van der Waals surface area contributed by atoms with Crippen molar-refractivity contribution < 1.29 is 0 Å². The van der Waals surface area contributed by atoms with Crippen LogP contribution in [0.2, 0.25) is 0 Å². The number of aromatic nitrogens is 2. The van der Waals surface area contributed by atoms with E-state index in [4.69, 9.17) is 0 Å². The Morgan fingerprint density at radius 1 is 1.23 bits per heavy atom. The lowest BCUT2D eigenvalue weighted by Crippen LogP contribution is -1.98. The Labute approximate surface area is 80.0 Å². The lowest BCUT2D eigenvalue weighted by Gasteiger charge is -2.06. The fourth-order valence-electron chi connectivity index (χ4n) is 2.05. The molecule has 0 atom stereocenters. The van der Waals surface area contributed by atoms with E-state index in [-0.39, 0.29) is 0 Å². The van der Waals surface area contributed by atoms with E-state index < -0.39 is 0 Å². The van der Waals surface area contributed by atoms with Crippen LogP contribution in [0.3, 0.4) is 0 Å². The summed E-state index contributed by atoms with van der Waals surface area (Å²) >= 11 is 0. The molecule has 13 heavy (non-hydrogen) atoms. The maximum atomic E-state index is 4.59. The van der Waals surface area contributed by atoms with Gasteiger partial charge in [-0.15, -0.1) is 0 Å². The van der Waals surface area contributed by atoms with Crippen LogP contribution >= 0.6 is 0 Å². The topological polar surface area (TPSA) is 17.8 Å². The van der Waals surface area contributed by atoms with E-state index >= 15 is 0 Å². The van der Waals surface area contributed by atoms with Gasteiger partial charge >= 0.3 is 0 Å². The third-order valence-electron chi connectivity index (χ3n) is 2.86. The van der Waals surface area contributed by atoms with Crippen LogP contribution in [-0.2, 0) is 19.4 Å². The number of nitrogens with zero attached hydrogens (tertiary/aromatic N) is 2. The second-order valence-electron chi connectivity index (χ2n) is 3.87. The Morgan fingerprint density at radius 3 is 2.77 bits per heavy atom. The summed E-state index contributed by atoms with van der Waals surface area (Å²) < 4.78 is 2.08. The van der Waals surface area contributed by atoms with E-state index in [0.717, 1.165) is 6.54 Å². The molecule has 1 heterocycles. The van der Waals surface area contributed by atoms with Gasteiger partial charge in [-0.2, -0.15) is 5.10 Å². The minimum absolute atomic E-state index is 1.01. The molecule has 1 aromatic heterocycles. The average Bonchev–Trinajstić information content (AvgIpc) is 2.47. The molecule has 0 N–H and O–H groups in total. The van der Waals surface area contributed by atoms with Crippen LogP contribution in [-0.4, -0.2) is 9.78 Å². The zero-order valence-electron chi connectivity index (χ0n) is 8.42. The molecule has 0 spiro atoms. The highest BCUT2D eigenvalue weighted by Gasteiger charge is 2.10. The highest BCUT2D eigenvalue weighted by atomic mass is 15.3. The van der Waals surface area contributed by atoms with Crippen LogP contribution in [0.25, 0.3) is 0 Å². The fourth-order valence-corrected chi connectivity index (χ4v) is 2.05. The number of hydrogen-bond donors (Lipinski definition) is 0. The monoisotopic (exact) mass is 178 g/mol. The van der Waals surface area contributed by atoms with Crippen molar-refractivity contribution in [2.75, 3.05) is 0 Å². The van der Waals surface area contributed by atoms with Crippen molar-refractivity contribution in [3.05, 3.63) is 17.5 Å². The van der Waals surface area contributed by atoms with Gasteiger partial charge in [0.2, 0.25) is 0 Å². The van der Waals surface area contributed by atoms with Crippen molar-refractivity contribution in [1.29, 1.82) is 0 Å². The molecule has 72 valence electrons. The molecule has 0 bridgehead atoms. The molecule has 0 aliphatic heterocycles. The largest absolute Gasteiger partial charge is 0.272 e. The standard InChI is InChI=1S/C11H18N2/c1-2-13-9-10-7-5-3-4-6-8-11(10)12-13/h9H,2-8H2,1H3. The molecule has 1 aromatic rings. The lowest BCUT2D eigenvalue weighted by molar-refractivity contribution is 0.602. The Balaban J connectivity index is 2.21. The van der Waals surface area contributed by atoms with Crippen molar-refractivity contribution in [3.63, 3.8) is 0 Å². The maximum absolute atomic E-state index is 4.59. The summed E-state index contributed by atoms with van der Waals surface area (Å²) in [5.41, 5.74) is 2.86. The van der Waals surface area contributed by atoms with Gasteiger partial charge in [0.15, 0.2) is 0 Å². The summed E-state index contributed by atoms with van der Waals surface area (Å²) in [5, 5.41) is 4.59. The predicted molar refractivity (Wildman–Crippen MR) is 53.8 cm³/mol. The number of rotatable bonds is 1. The summed E-state index contributed by atoms with van der Waals surface area (Å²) in [6.45, 7) is 3.16. The first kappa shape index (κ1) is 8.79. The second kappa shape index (κ2) is 3.95. The van der Waals surface area contributed by atoms with Crippen molar-refractivity contribution >= 4 is 0 Å². The molecular weight excluding hydrogens is 160 g/mol. The van der Waals surface area contributed by atoms with Crippen LogP contribution in [0.1, 0.15) is 43.9 Å². The highest BCUT2D eigenvalue weighted by Crippen LogP contribution is 2.18. The number of hydrogen-bond acceptors (Lipinski definition) is 1. The molecule has 0 fully saturated rings. The van der Waals surface area contributed by atoms with Crippen molar-refractivity contribution in [1.82, 2.24) is 9.78 Å². The summed E-state index contributed by atoms with van der Waals surface area (Å²) in [6, 6.07) is 0. The Hall–Kier alpha value is -0.790. The first-order valence-corrected chi connectivity index (χ1v) is 5.45. The molecule has 2 nitrogen and oxygen atoms in total. The van der Waals surface area contributed by atoms with Crippen LogP contribution in [0.15, 0.2) is 6.20 Å². The maximum Gasteiger partial charge on any atom is 0.0656 e. The van der Waals surface area contributed by atoms with Gasteiger partial charge in [-0.3, -0.25) is 4.68 Å². The smallest absolute Gasteiger partial charge is 0.0656 e. The Bertz CT molecular complexity index is 250. The van der Waals surface area contributed by atoms with Crippen molar-refractivity contribution in [2.24, 2.45) is 0 Å². The molecule has 0 aromatic carbocycles. The van der Waals surface area contributed by atoms with Crippen LogP contribution in [0.4, 0.5) is 0 Å². The molecule has 0 unspecified atom stereocenters. The molecular formula is C11H18N2. The van der Waals surface area contributed by atoms with E-state index in [2.05, 4.69) is 22.9 Å². The van der Waals surface area contributed by atoms with Gasteiger partial charge < -0.3 is 0 Å². The average molecular weight is 178 g/mol. The lowest BCUT2D eigenvalue weighted by atomic mass is 9.99. The van der Waals surface area contributed by atoms with Gasteiger partial charge in [0.05, 0.1) is 5.69 Å². The second-order valence-corrected chi connectivity index (χ2v) is 3.87. The third-order valence-corrected chi connectivity index (χ3v) is 2.86. The Kier molecular flexibility index (Phi) is 2.67. The van der Waals surface area contributed by atoms with Crippen LogP contribution in [0, 0.1) is 0 Å². The number of aryl methyl sites for hydroxylation is 3. The zero-order chi connectivity index (χ0) is 9.10. The summed E-state index contributed by atoms with van der Waals surface area (Å²) in [4.78, 5) is 0. The molecule has 0 saturated heterocycles. The fraction of sp³-hybridized carbons (Fsp3) is 0.727. The van der Waals surface area contributed by atoms with E-state index in [9.17, 15) is 0 Å². The Morgan fingerprint density at radius 2 is 2.00 bits per heavy atom. The van der Waals surface area contributed by atoms with Gasteiger partial charge in [0, 0.05) is 12.7 Å². The summed E-state index contributed by atoms with van der Waals surface area (Å²) in [7, 11) is 0. The third kappa shape index (κ3) is 1.93. The molecule has 2 heteroatoms. The van der Waals surface area contributed by atoms with Crippen LogP contribution < -0.4 is 0 Å². The first-order valence-electron chi connectivity index (χ1n) is 5.45. The van der Waals surface area contributed by atoms with Gasteiger partial charge in [-0.05, 0) is 38.2 Å². The minimum Gasteiger partial charge on any atom is -0.272 e. The number of fused-ring (bicyclic) bond motifs is 1. The molecule has 0 saturated carbocycles. The molecule has 0 amide bonds. The predicted octanol–water partition coefficient (Wildman–Crippen LogP) is 2.56. The van der Waals surface area contributed by atoms with Gasteiger partial charge in [0.1, 0.15) is 0 Å². The quantitative estimate of drug-likeness (QED) is 0.646. The molecule has 2 rings (SSSR count). The zero-order valence-corrected chi connectivity index (χ0v) is 8.42. The van der Waals surface area contributed by atoms with Gasteiger partial charge in [-0.25, -0.2) is 0 Å². The summed E-state index contributed by atoms with van der Waals surface area (Å²) in [6.07, 6.45) is 10.1. The van der Waals surface area contributed by atoms with Crippen molar-refractivity contribution in [2.45, 2.75) is 52.0 Å².